The summed E-state index contributed by atoms with van der Waals surface area (Å²) in [7, 11) is 0. The second-order valence-corrected chi connectivity index (χ2v) is 8.73. The number of aryl methyl sites for hydroxylation is 2. The molecule has 0 bridgehead atoms. The first kappa shape index (κ1) is 21.5. The van der Waals surface area contributed by atoms with Crippen LogP contribution in [0, 0.1) is 19.7 Å². The second-order valence-electron chi connectivity index (χ2n) is 7.73. The third-order valence-electron chi connectivity index (χ3n) is 5.90. The molecule has 0 aliphatic carbocycles. The van der Waals surface area contributed by atoms with Crippen LogP contribution < -0.4 is 9.80 Å². The van der Waals surface area contributed by atoms with Crippen molar-refractivity contribution in [2.24, 2.45) is 0 Å². The Morgan fingerprint density at radius 3 is 2.42 bits per heavy atom. The number of piperazine rings is 1. The van der Waals surface area contributed by atoms with Crippen molar-refractivity contribution in [1.82, 2.24) is 14.9 Å². The highest BCUT2D eigenvalue weighted by Crippen LogP contribution is 2.36. The third-order valence-corrected chi connectivity index (χ3v) is 7.07. The number of fused-ring (bicyclic) bond motifs is 1. The van der Waals surface area contributed by atoms with E-state index in [1.54, 1.807) is 12.1 Å². The number of amides is 1. The molecule has 0 unspecified atom stereocenters. The monoisotopic (exact) mass is 441 g/mol. The second kappa shape index (κ2) is 8.78. The molecule has 1 aliphatic rings. The van der Waals surface area contributed by atoms with Gasteiger partial charge in [-0.05, 0) is 45.4 Å². The molecule has 1 fully saturated rings. The Balaban J connectivity index is 1.60. The Kier molecular flexibility index (Phi) is 6.09. The number of benzene rings is 1. The molecule has 3 aromatic rings. The van der Waals surface area contributed by atoms with Crippen LogP contribution in [-0.4, -0.2) is 60.0 Å². The van der Waals surface area contributed by atoms with E-state index in [0.29, 0.717) is 37.7 Å². The molecule has 1 aliphatic heterocycles. The van der Waals surface area contributed by atoms with Gasteiger partial charge in [-0.15, -0.1) is 11.3 Å². The van der Waals surface area contributed by atoms with Crippen LogP contribution >= 0.6 is 11.3 Å². The number of para-hydroxylation sites is 1. The van der Waals surface area contributed by atoms with Crippen molar-refractivity contribution in [3.05, 3.63) is 46.3 Å². The fourth-order valence-corrected chi connectivity index (χ4v) is 5.37. The SMILES string of the molecule is CCN(CC)c1nc(C)nc2sc(C(=O)N3CCN(c4ccccc4F)CC3)c(C)c12. The van der Waals surface area contributed by atoms with Gasteiger partial charge in [-0.25, -0.2) is 14.4 Å². The van der Waals surface area contributed by atoms with Crippen molar-refractivity contribution in [2.75, 3.05) is 49.1 Å². The van der Waals surface area contributed by atoms with E-state index in [2.05, 4.69) is 23.7 Å². The fraction of sp³-hybridized carbons (Fsp3) is 0.435. The van der Waals surface area contributed by atoms with Gasteiger partial charge in [0.1, 0.15) is 22.3 Å². The Labute approximate surface area is 186 Å². The Bertz CT molecular complexity index is 1100. The first-order chi connectivity index (χ1) is 14.9. The maximum absolute atomic E-state index is 14.1. The van der Waals surface area contributed by atoms with Crippen LogP contribution in [-0.2, 0) is 0 Å². The molecular formula is C23H28FN5OS. The van der Waals surface area contributed by atoms with Gasteiger partial charge in [-0.2, -0.15) is 0 Å². The third kappa shape index (κ3) is 3.96. The Morgan fingerprint density at radius 1 is 1.10 bits per heavy atom. The summed E-state index contributed by atoms with van der Waals surface area (Å²) < 4.78 is 14.1. The first-order valence-corrected chi connectivity index (χ1v) is 11.6. The average molecular weight is 442 g/mol. The molecule has 0 spiro atoms. The maximum atomic E-state index is 14.1. The van der Waals surface area contributed by atoms with E-state index in [1.165, 1.54) is 17.4 Å². The molecular weight excluding hydrogens is 413 g/mol. The summed E-state index contributed by atoms with van der Waals surface area (Å²) in [5.74, 6) is 1.43. The van der Waals surface area contributed by atoms with Crippen LogP contribution in [0.5, 0.6) is 0 Å². The zero-order valence-electron chi connectivity index (χ0n) is 18.5. The quantitative estimate of drug-likeness (QED) is 0.592. The smallest absolute Gasteiger partial charge is 0.264 e. The van der Waals surface area contributed by atoms with Gasteiger partial charge in [-0.1, -0.05) is 12.1 Å². The average Bonchev–Trinajstić information content (AvgIpc) is 3.10. The molecule has 2 aromatic heterocycles. The van der Waals surface area contributed by atoms with Gasteiger partial charge >= 0.3 is 0 Å². The molecule has 6 nitrogen and oxygen atoms in total. The molecule has 1 aromatic carbocycles. The normalized spacial score (nSPS) is 14.4. The summed E-state index contributed by atoms with van der Waals surface area (Å²) in [6.45, 7) is 12.1. The summed E-state index contributed by atoms with van der Waals surface area (Å²) in [6.07, 6.45) is 0. The van der Waals surface area contributed by atoms with E-state index in [-0.39, 0.29) is 11.7 Å². The van der Waals surface area contributed by atoms with E-state index in [4.69, 9.17) is 4.98 Å². The number of aromatic nitrogens is 2. The van der Waals surface area contributed by atoms with Crippen molar-refractivity contribution >= 4 is 39.0 Å². The molecule has 0 radical (unpaired) electrons. The zero-order chi connectivity index (χ0) is 22.1. The first-order valence-electron chi connectivity index (χ1n) is 10.8. The van der Waals surface area contributed by atoms with E-state index in [0.717, 1.165) is 39.6 Å². The zero-order valence-corrected chi connectivity index (χ0v) is 19.3. The number of halogens is 1. The highest BCUT2D eigenvalue weighted by molar-refractivity contribution is 7.20. The van der Waals surface area contributed by atoms with Gasteiger partial charge in [-0.3, -0.25) is 4.79 Å². The van der Waals surface area contributed by atoms with Crippen LogP contribution in [0.2, 0.25) is 0 Å². The summed E-state index contributed by atoms with van der Waals surface area (Å²) in [5, 5.41) is 0.979. The molecule has 31 heavy (non-hydrogen) atoms. The van der Waals surface area contributed by atoms with E-state index in [9.17, 15) is 9.18 Å². The van der Waals surface area contributed by atoms with E-state index < -0.39 is 0 Å². The van der Waals surface area contributed by atoms with Gasteiger partial charge in [0, 0.05) is 39.3 Å². The van der Waals surface area contributed by atoms with Crippen LogP contribution in [0.25, 0.3) is 10.2 Å². The van der Waals surface area contributed by atoms with Crippen LogP contribution in [0.3, 0.4) is 0 Å². The molecule has 0 saturated carbocycles. The van der Waals surface area contributed by atoms with Crippen LogP contribution in [0.1, 0.15) is 34.9 Å². The minimum Gasteiger partial charge on any atom is -0.366 e. The lowest BCUT2D eigenvalue weighted by Gasteiger charge is -2.36. The fourth-order valence-electron chi connectivity index (χ4n) is 4.18. The lowest BCUT2D eigenvalue weighted by molar-refractivity contribution is 0.0751. The molecule has 164 valence electrons. The van der Waals surface area contributed by atoms with Crippen LogP contribution in [0.15, 0.2) is 24.3 Å². The Morgan fingerprint density at radius 2 is 1.77 bits per heavy atom. The van der Waals surface area contributed by atoms with Crippen molar-refractivity contribution in [2.45, 2.75) is 27.7 Å². The topological polar surface area (TPSA) is 52.6 Å². The summed E-state index contributed by atoms with van der Waals surface area (Å²) in [6, 6.07) is 6.80. The molecule has 1 saturated heterocycles. The minimum absolute atomic E-state index is 0.0248. The number of carbonyl (C=O) groups is 1. The standard InChI is InChI=1S/C23H28FN5OS/c1-5-27(6-2)21-19-15(3)20(31-22(19)26-16(4)25-21)23(30)29-13-11-28(12-14-29)18-10-8-7-9-17(18)24/h7-10H,5-6,11-14H2,1-4H3. The molecule has 8 heteroatoms. The number of rotatable bonds is 5. The predicted molar refractivity (Wildman–Crippen MR) is 125 cm³/mol. The van der Waals surface area contributed by atoms with Crippen LogP contribution in [0.4, 0.5) is 15.9 Å². The number of thiophene rings is 1. The van der Waals surface area contributed by atoms with Gasteiger partial charge in [0.2, 0.25) is 0 Å². The number of hydrogen-bond acceptors (Lipinski definition) is 6. The van der Waals surface area contributed by atoms with Crippen molar-refractivity contribution in [3.8, 4) is 0 Å². The van der Waals surface area contributed by atoms with Gasteiger partial charge in [0.25, 0.3) is 5.91 Å². The molecule has 1 amide bonds. The largest absolute Gasteiger partial charge is 0.366 e. The van der Waals surface area contributed by atoms with Crippen molar-refractivity contribution in [1.29, 1.82) is 0 Å². The number of nitrogens with zero attached hydrogens (tertiary/aromatic N) is 5. The number of anilines is 2. The summed E-state index contributed by atoms with van der Waals surface area (Å²) >= 11 is 1.45. The molecule has 0 atom stereocenters. The van der Waals surface area contributed by atoms with E-state index >= 15 is 0 Å². The predicted octanol–water partition coefficient (Wildman–Crippen LogP) is 4.26. The maximum Gasteiger partial charge on any atom is 0.264 e. The van der Waals surface area contributed by atoms with Gasteiger partial charge in [0.15, 0.2) is 0 Å². The Hall–Kier alpha value is -2.74. The molecule has 4 rings (SSSR count). The molecule has 3 heterocycles. The summed E-state index contributed by atoms with van der Waals surface area (Å²) in [5.41, 5.74) is 1.55. The molecule has 0 N–H and O–H groups in total. The van der Waals surface area contributed by atoms with Crippen molar-refractivity contribution < 1.29 is 9.18 Å². The lowest BCUT2D eigenvalue weighted by Crippen LogP contribution is -2.49. The van der Waals surface area contributed by atoms with Gasteiger partial charge < -0.3 is 14.7 Å². The highest BCUT2D eigenvalue weighted by atomic mass is 32.1. The van der Waals surface area contributed by atoms with Crippen molar-refractivity contribution in [3.63, 3.8) is 0 Å². The van der Waals surface area contributed by atoms with Gasteiger partial charge in [0.05, 0.1) is 16.0 Å². The lowest BCUT2D eigenvalue weighted by atomic mass is 10.1. The number of carbonyl (C=O) groups excluding carboxylic acids is 1. The highest BCUT2D eigenvalue weighted by Gasteiger charge is 2.28. The summed E-state index contributed by atoms with van der Waals surface area (Å²) in [4.78, 5) is 30.4. The minimum atomic E-state index is -0.222. The van der Waals surface area contributed by atoms with E-state index in [1.807, 2.05) is 29.7 Å². The number of hydrogen-bond donors (Lipinski definition) is 0.